The third-order valence-electron chi connectivity index (χ3n) is 4.50. The van der Waals surface area contributed by atoms with Crippen LogP contribution < -0.4 is 5.32 Å². The van der Waals surface area contributed by atoms with Gasteiger partial charge in [0.05, 0.1) is 12.1 Å². The molecule has 1 aliphatic heterocycles. The van der Waals surface area contributed by atoms with Crippen LogP contribution in [0.15, 0.2) is 40.5 Å². The highest BCUT2D eigenvalue weighted by molar-refractivity contribution is 5.82. The second-order valence-corrected chi connectivity index (χ2v) is 6.48. The molecule has 0 bridgehead atoms. The Morgan fingerprint density at radius 3 is 2.57 bits per heavy atom. The Hall–Kier alpha value is -1.51. The number of furan rings is 1. The molecule has 1 fully saturated rings. The molecule has 23 heavy (non-hydrogen) atoms. The SMILES string of the molecule is C=CCCC(N=C1CCCCCCCCCCN1)c1ccco1. The van der Waals surface area contributed by atoms with Gasteiger partial charge < -0.3 is 9.73 Å². The Labute approximate surface area is 141 Å². The van der Waals surface area contributed by atoms with E-state index in [1.807, 2.05) is 18.2 Å². The molecular weight excluding hydrogens is 284 g/mol. The maximum Gasteiger partial charge on any atom is 0.128 e. The molecule has 0 aliphatic carbocycles. The summed E-state index contributed by atoms with van der Waals surface area (Å²) in [5.41, 5.74) is 0. The highest BCUT2D eigenvalue weighted by Gasteiger charge is 2.14. The van der Waals surface area contributed by atoms with Gasteiger partial charge in [-0.1, -0.05) is 44.6 Å². The first-order chi connectivity index (χ1) is 11.4. The second-order valence-electron chi connectivity index (χ2n) is 6.48. The fraction of sp³-hybridized carbons (Fsp3) is 0.650. The van der Waals surface area contributed by atoms with Gasteiger partial charge in [0.2, 0.25) is 0 Å². The van der Waals surface area contributed by atoms with Gasteiger partial charge in [-0.15, -0.1) is 6.58 Å². The van der Waals surface area contributed by atoms with E-state index < -0.39 is 0 Å². The van der Waals surface area contributed by atoms with E-state index in [0.717, 1.165) is 37.4 Å². The lowest BCUT2D eigenvalue weighted by Gasteiger charge is -2.16. The average Bonchev–Trinajstić information content (AvgIpc) is 3.08. The molecule has 0 radical (unpaired) electrons. The van der Waals surface area contributed by atoms with Gasteiger partial charge in [-0.2, -0.15) is 0 Å². The number of hydrogen-bond donors (Lipinski definition) is 1. The van der Waals surface area contributed by atoms with Crippen molar-refractivity contribution >= 4 is 5.84 Å². The van der Waals surface area contributed by atoms with Crippen molar-refractivity contribution in [3.05, 3.63) is 36.8 Å². The van der Waals surface area contributed by atoms with E-state index in [-0.39, 0.29) is 6.04 Å². The fourth-order valence-corrected chi connectivity index (χ4v) is 3.12. The minimum atomic E-state index is 0.110. The van der Waals surface area contributed by atoms with Crippen LogP contribution in [0, 0.1) is 0 Å². The number of nitrogens with zero attached hydrogens (tertiary/aromatic N) is 1. The highest BCUT2D eigenvalue weighted by atomic mass is 16.3. The zero-order valence-corrected chi connectivity index (χ0v) is 14.4. The van der Waals surface area contributed by atoms with Crippen molar-refractivity contribution in [1.82, 2.24) is 5.32 Å². The number of nitrogens with one attached hydrogen (secondary N) is 1. The van der Waals surface area contributed by atoms with Gasteiger partial charge in [0, 0.05) is 13.0 Å². The molecule has 2 rings (SSSR count). The van der Waals surface area contributed by atoms with E-state index in [9.17, 15) is 0 Å². The first-order valence-electron chi connectivity index (χ1n) is 9.35. The summed E-state index contributed by atoms with van der Waals surface area (Å²) < 4.78 is 5.60. The van der Waals surface area contributed by atoms with Gasteiger partial charge in [0.15, 0.2) is 0 Å². The molecule has 0 amide bonds. The zero-order chi connectivity index (χ0) is 16.2. The summed E-state index contributed by atoms with van der Waals surface area (Å²) in [5.74, 6) is 2.13. The third-order valence-corrected chi connectivity index (χ3v) is 4.50. The first kappa shape index (κ1) is 17.8. The van der Waals surface area contributed by atoms with Gasteiger partial charge in [0.25, 0.3) is 0 Å². The van der Waals surface area contributed by atoms with Gasteiger partial charge in [-0.05, 0) is 37.8 Å². The van der Waals surface area contributed by atoms with Crippen LogP contribution >= 0.6 is 0 Å². The lowest BCUT2D eigenvalue weighted by Crippen LogP contribution is -2.25. The zero-order valence-electron chi connectivity index (χ0n) is 14.4. The number of aliphatic imine (C=N–C) groups is 1. The van der Waals surface area contributed by atoms with Gasteiger partial charge in [-0.3, -0.25) is 4.99 Å². The lowest BCUT2D eigenvalue weighted by molar-refractivity contribution is 0.453. The summed E-state index contributed by atoms with van der Waals surface area (Å²) in [7, 11) is 0. The summed E-state index contributed by atoms with van der Waals surface area (Å²) in [6.45, 7) is 4.88. The molecule has 0 saturated carbocycles. The van der Waals surface area contributed by atoms with Crippen molar-refractivity contribution in [1.29, 1.82) is 0 Å². The summed E-state index contributed by atoms with van der Waals surface area (Å²) in [5, 5.41) is 3.59. The van der Waals surface area contributed by atoms with Crippen LogP contribution in [-0.2, 0) is 0 Å². The van der Waals surface area contributed by atoms with Crippen molar-refractivity contribution in [2.24, 2.45) is 4.99 Å². The average molecular weight is 316 g/mol. The van der Waals surface area contributed by atoms with Crippen LogP contribution in [0.25, 0.3) is 0 Å². The second kappa shape index (κ2) is 11.1. The predicted octanol–water partition coefficient (Wildman–Crippen LogP) is 5.80. The summed E-state index contributed by atoms with van der Waals surface area (Å²) >= 11 is 0. The maximum atomic E-state index is 5.60. The first-order valence-corrected chi connectivity index (χ1v) is 9.35. The largest absolute Gasteiger partial charge is 0.467 e. The Balaban J connectivity index is 2.00. The molecule has 3 heteroatoms. The van der Waals surface area contributed by atoms with Crippen molar-refractivity contribution in [2.45, 2.75) is 76.7 Å². The fourth-order valence-electron chi connectivity index (χ4n) is 3.12. The van der Waals surface area contributed by atoms with Crippen LogP contribution in [0.3, 0.4) is 0 Å². The molecule has 1 saturated heterocycles. The molecule has 2 heterocycles. The predicted molar refractivity (Wildman–Crippen MR) is 97.9 cm³/mol. The van der Waals surface area contributed by atoms with Crippen molar-refractivity contribution in [2.75, 3.05) is 6.54 Å². The van der Waals surface area contributed by atoms with E-state index in [0.29, 0.717) is 0 Å². The van der Waals surface area contributed by atoms with Crippen molar-refractivity contribution < 1.29 is 4.42 Å². The molecular formula is C20H32N2O. The molecule has 0 spiro atoms. The third kappa shape index (κ3) is 7.06. The molecule has 1 aromatic rings. The van der Waals surface area contributed by atoms with E-state index in [1.165, 1.54) is 51.4 Å². The molecule has 1 aromatic heterocycles. The molecule has 3 nitrogen and oxygen atoms in total. The molecule has 1 atom stereocenters. The quantitative estimate of drug-likeness (QED) is 0.697. The van der Waals surface area contributed by atoms with Gasteiger partial charge >= 0.3 is 0 Å². The summed E-state index contributed by atoms with van der Waals surface area (Å²) in [4.78, 5) is 5.01. The highest BCUT2D eigenvalue weighted by Crippen LogP contribution is 2.24. The molecule has 1 unspecified atom stereocenters. The van der Waals surface area contributed by atoms with E-state index in [2.05, 4.69) is 11.9 Å². The topological polar surface area (TPSA) is 37.5 Å². The number of allylic oxidation sites excluding steroid dienone is 1. The Kier molecular flexibility index (Phi) is 8.60. The Bertz CT molecular complexity index is 436. The Morgan fingerprint density at radius 1 is 1.13 bits per heavy atom. The summed E-state index contributed by atoms with van der Waals surface area (Å²) in [6, 6.07) is 4.09. The Morgan fingerprint density at radius 2 is 1.87 bits per heavy atom. The van der Waals surface area contributed by atoms with Crippen LogP contribution in [0.2, 0.25) is 0 Å². The molecule has 1 N–H and O–H groups in total. The molecule has 128 valence electrons. The van der Waals surface area contributed by atoms with Crippen LogP contribution in [0.1, 0.15) is 82.4 Å². The normalized spacial score (nSPS) is 21.0. The number of hydrogen-bond acceptors (Lipinski definition) is 2. The monoisotopic (exact) mass is 316 g/mol. The molecule has 1 aliphatic rings. The van der Waals surface area contributed by atoms with Crippen LogP contribution in [-0.4, -0.2) is 12.4 Å². The van der Waals surface area contributed by atoms with Gasteiger partial charge in [0.1, 0.15) is 11.8 Å². The van der Waals surface area contributed by atoms with Gasteiger partial charge in [-0.25, -0.2) is 0 Å². The number of amidine groups is 1. The van der Waals surface area contributed by atoms with Crippen LogP contribution in [0.4, 0.5) is 0 Å². The van der Waals surface area contributed by atoms with Crippen molar-refractivity contribution in [3.63, 3.8) is 0 Å². The van der Waals surface area contributed by atoms with Crippen LogP contribution in [0.5, 0.6) is 0 Å². The minimum Gasteiger partial charge on any atom is -0.467 e. The maximum absolute atomic E-state index is 5.60. The summed E-state index contributed by atoms with van der Waals surface area (Å²) in [6.07, 6.45) is 17.4. The minimum absolute atomic E-state index is 0.110. The van der Waals surface area contributed by atoms with E-state index >= 15 is 0 Å². The molecule has 0 aromatic carbocycles. The van der Waals surface area contributed by atoms with E-state index in [4.69, 9.17) is 9.41 Å². The smallest absolute Gasteiger partial charge is 0.128 e. The number of rotatable bonds is 5. The van der Waals surface area contributed by atoms with Crippen molar-refractivity contribution in [3.8, 4) is 0 Å². The van der Waals surface area contributed by atoms with E-state index in [1.54, 1.807) is 6.26 Å². The standard InChI is InChI=1S/C20H32N2O/c1-2-3-13-18(19-14-12-17-23-19)22-20-15-10-8-6-4-5-7-9-11-16-21-20/h2,12,14,17-18H,1,3-11,13,15-16H2,(H,21,22). The lowest BCUT2D eigenvalue weighted by atomic mass is 10.1.